The summed E-state index contributed by atoms with van der Waals surface area (Å²) in [4.78, 5) is 25.6. The maximum Gasteiger partial charge on any atom is 0.253 e. The number of nitrogen functional groups attached to an aromatic ring is 1. The standard InChI is InChI=1S/C14H18ClN3O3/c15-11-3-1-2-10(13(11)16)14(20)17-5-4-12(19)18-6-8-21-9-7-18/h1-3H,4-9,16H2,(H,17,20). The monoisotopic (exact) mass is 311 g/mol. The van der Waals surface area contributed by atoms with E-state index in [0.29, 0.717) is 36.9 Å². The van der Waals surface area contributed by atoms with Crippen LogP contribution >= 0.6 is 11.6 Å². The molecule has 1 heterocycles. The van der Waals surface area contributed by atoms with Gasteiger partial charge < -0.3 is 20.7 Å². The summed E-state index contributed by atoms with van der Waals surface area (Å²) in [7, 11) is 0. The van der Waals surface area contributed by atoms with Gasteiger partial charge in [-0.05, 0) is 12.1 Å². The minimum absolute atomic E-state index is 0.0117. The first kappa shape index (κ1) is 15.6. The molecule has 6 nitrogen and oxygen atoms in total. The van der Waals surface area contributed by atoms with Gasteiger partial charge in [-0.25, -0.2) is 0 Å². The number of nitrogens with one attached hydrogen (secondary N) is 1. The number of benzene rings is 1. The molecule has 0 saturated carbocycles. The van der Waals surface area contributed by atoms with Gasteiger partial charge in [0, 0.05) is 26.1 Å². The number of rotatable bonds is 4. The number of amides is 2. The average molecular weight is 312 g/mol. The Balaban J connectivity index is 1.81. The number of nitrogens with zero attached hydrogens (tertiary/aromatic N) is 1. The number of para-hydroxylation sites is 1. The van der Waals surface area contributed by atoms with Gasteiger partial charge in [0.25, 0.3) is 5.91 Å². The highest BCUT2D eigenvalue weighted by Gasteiger charge is 2.17. The van der Waals surface area contributed by atoms with Crippen LogP contribution < -0.4 is 11.1 Å². The molecule has 1 aliphatic rings. The molecular weight excluding hydrogens is 294 g/mol. The quantitative estimate of drug-likeness (QED) is 0.809. The SMILES string of the molecule is Nc1c(Cl)cccc1C(=O)NCCC(=O)N1CCOCC1. The van der Waals surface area contributed by atoms with Crippen molar-refractivity contribution in [3.8, 4) is 0 Å². The molecule has 0 aliphatic carbocycles. The van der Waals surface area contributed by atoms with Crippen LogP contribution in [0.4, 0.5) is 5.69 Å². The van der Waals surface area contributed by atoms with Crippen LogP contribution in [-0.4, -0.2) is 49.6 Å². The van der Waals surface area contributed by atoms with Crippen LogP contribution in [-0.2, 0) is 9.53 Å². The Bertz CT molecular complexity index is 530. The maximum atomic E-state index is 12.0. The van der Waals surface area contributed by atoms with Crippen LogP contribution in [0.2, 0.25) is 5.02 Å². The van der Waals surface area contributed by atoms with Gasteiger partial charge in [-0.3, -0.25) is 9.59 Å². The highest BCUT2D eigenvalue weighted by atomic mass is 35.5. The number of nitrogens with two attached hydrogens (primary N) is 1. The van der Waals surface area contributed by atoms with Gasteiger partial charge in [-0.1, -0.05) is 17.7 Å². The molecule has 1 saturated heterocycles. The fourth-order valence-corrected chi connectivity index (χ4v) is 2.26. The molecule has 114 valence electrons. The van der Waals surface area contributed by atoms with Crippen molar-refractivity contribution in [1.29, 1.82) is 0 Å². The van der Waals surface area contributed by atoms with Crippen LogP contribution in [0.1, 0.15) is 16.8 Å². The van der Waals surface area contributed by atoms with Crippen molar-refractivity contribution in [3.05, 3.63) is 28.8 Å². The molecule has 0 atom stereocenters. The zero-order valence-corrected chi connectivity index (χ0v) is 12.4. The fourth-order valence-electron chi connectivity index (χ4n) is 2.08. The van der Waals surface area contributed by atoms with Gasteiger partial charge in [0.05, 0.1) is 29.5 Å². The molecule has 21 heavy (non-hydrogen) atoms. The molecule has 0 aromatic heterocycles. The molecule has 0 bridgehead atoms. The first-order valence-electron chi connectivity index (χ1n) is 6.77. The minimum atomic E-state index is -0.329. The Morgan fingerprint density at radius 3 is 2.76 bits per heavy atom. The number of hydrogen-bond donors (Lipinski definition) is 2. The second-order valence-electron chi connectivity index (χ2n) is 4.70. The summed E-state index contributed by atoms with van der Waals surface area (Å²) >= 11 is 5.87. The van der Waals surface area contributed by atoms with Gasteiger partial charge in [0.15, 0.2) is 0 Å². The molecule has 1 aromatic rings. The summed E-state index contributed by atoms with van der Waals surface area (Å²) in [5, 5.41) is 3.02. The van der Waals surface area contributed by atoms with Crippen LogP contribution in [0.15, 0.2) is 18.2 Å². The molecule has 3 N–H and O–H groups in total. The first-order chi connectivity index (χ1) is 10.1. The number of anilines is 1. The molecule has 2 rings (SSSR count). The second-order valence-corrected chi connectivity index (χ2v) is 5.11. The lowest BCUT2D eigenvalue weighted by Crippen LogP contribution is -2.42. The molecule has 2 amide bonds. The molecule has 0 unspecified atom stereocenters. The Kier molecular flexibility index (Phi) is 5.41. The van der Waals surface area contributed by atoms with Crippen molar-refractivity contribution in [2.45, 2.75) is 6.42 Å². The molecule has 0 spiro atoms. The van der Waals surface area contributed by atoms with Crippen molar-refractivity contribution in [2.24, 2.45) is 0 Å². The lowest BCUT2D eigenvalue weighted by molar-refractivity contribution is -0.135. The predicted octanol–water partition coefficient (Wildman–Crippen LogP) is 0.901. The lowest BCUT2D eigenvalue weighted by atomic mass is 10.1. The van der Waals surface area contributed by atoms with E-state index in [1.807, 2.05) is 0 Å². The Labute approximate surface area is 128 Å². The zero-order valence-electron chi connectivity index (χ0n) is 11.6. The van der Waals surface area contributed by atoms with Gasteiger partial charge >= 0.3 is 0 Å². The highest BCUT2D eigenvalue weighted by Crippen LogP contribution is 2.22. The maximum absolute atomic E-state index is 12.0. The van der Waals surface area contributed by atoms with Crippen LogP contribution in [0.3, 0.4) is 0 Å². The van der Waals surface area contributed by atoms with E-state index >= 15 is 0 Å². The molecular formula is C14H18ClN3O3. The Hall–Kier alpha value is -1.79. The first-order valence-corrected chi connectivity index (χ1v) is 7.15. The molecule has 1 aromatic carbocycles. The van der Waals surface area contributed by atoms with Crippen molar-refractivity contribution < 1.29 is 14.3 Å². The van der Waals surface area contributed by atoms with Crippen LogP contribution in [0, 0.1) is 0 Å². The van der Waals surface area contributed by atoms with E-state index in [9.17, 15) is 9.59 Å². The second kappa shape index (κ2) is 7.28. The van der Waals surface area contributed by atoms with Gasteiger partial charge in [-0.2, -0.15) is 0 Å². The Morgan fingerprint density at radius 1 is 1.33 bits per heavy atom. The van der Waals surface area contributed by atoms with E-state index in [0.717, 1.165) is 0 Å². The molecule has 7 heteroatoms. The number of carbonyl (C=O) groups is 2. The topological polar surface area (TPSA) is 84.7 Å². The third-order valence-corrected chi connectivity index (χ3v) is 3.62. The summed E-state index contributed by atoms with van der Waals surface area (Å²) in [6.45, 7) is 2.61. The molecule has 1 aliphatic heterocycles. The highest BCUT2D eigenvalue weighted by molar-refractivity contribution is 6.33. The number of morpholine rings is 1. The van der Waals surface area contributed by atoms with Crippen LogP contribution in [0.5, 0.6) is 0 Å². The van der Waals surface area contributed by atoms with Gasteiger partial charge in [0.1, 0.15) is 0 Å². The number of halogens is 1. The smallest absolute Gasteiger partial charge is 0.253 e. The number of carbonyl (C=O) groups excluding carboxylic acids is 2. The summed E-state index contributed by atoms with van der Waals surface area (Å²) in [5.41, 5.74) is 6.32. The average Bonchev–Trinajstić information content (AvgIpc) is 2.50. The summed E-state index contributed by atoms with van der Waals surface area (Å²) < 4.78 is 5.18. The zero-order chi connectivity index (χ0) is 15.2. The van der Waals surface area contributed by atoms with Crippen molar-refractivity contribution >= 4 is 29.1 Å². The van der Waals surface area contributed by atoms with E-state index in [4.69, 9.17) is 22.1 Å². The third kappa shape index (κ3) is 4.09. The van der Waals surface area contributed by atoms with E-state index in [-0.39, 0.29) is 30.5 Å². The van der Waals surface area contributed by atoms with Crippen molar-refractivity contribution in [1.82, 2.24) is 10.2 Å². The Morgan fingerprint density at radius 2 is 2.05 bits per heavy atom. The summed E-state index contributed by atoms with van der Waals surface area (Å²) in [6.07, 6.45) is 0.256. The minimum Gasteiger partial charge on any atom is -0.397 e. The van der Waals surface area contributed by atoms with Gasteiger partial charge in [0.2, 0.25) is 5.91 Å². The largest absolute Gasteiger partial charge is 0.397 e. The molecule has 1 fully saturated rings. The predicted molar refractivity (Wildman–Crippen MR) is 80.2 cm³/mol. The fraction of sp³-hybridized carbons (Fsp3) is 0.429. The normalized spacial score (nSPS) is 14.8. The summed E-state index contributed by atoms with van der Waals surface area (Å²) in [5.74, 6) is -0.317. The molecule has 0 radical (unpaired) electrons. The van der Waals surface area contributed by atoms with E-state index < -0.39 is 0 Å². The van der Waals surface area contributed by atoms with E-state index in [1.54, 1.807) is 23.1 Å². The van der Waals surface area contributed by atoms with Gasteiger partial charge in [-0.15, -0.1) is 0 Å². The van der Waals surface area contributed by atoms with Crippen molar-refractivity contribution in [2.75, 3.05) is 38.6 Å². The van der Waals surface area contributed by atoms with Crippen molar-refractivity contribution in [3.63, 3.8) is 0 Å². The number of ether oxygens (including phenoxy) is 1. The van der Waals surface area contributed by atoms with E-state index in [2.05, 4.69) is 5.32 Å². The summed E-state index contributed by atoms with van der Waals surface area (Å²) in [6, 6.07) is 4.88. The number of hydrogen-bond acceptors (Lipinski definition) is 4. The third-order valence-electron chi connectivity index (χ3n) is 3.29. The lowest BCUT2D eigenvalue weighted by Gasteiger charge is -2.26. The van der Waals surface area contributed by atoms with Crippen LogP contribution in [0.25, 0.3) is 0 Å². The van der Waals surface area contributed by atoms with E-state index in [1.165, 1.54) is 0 Å².